The maximum atomic E-state index is 11.0. The fraction of sp³-hybridized carbons (Fsp3) is 0.500. The summed E-state index contributed by atoms with van der Waals surface area (Å²) in [5, 5.41) is 19.8. The van der Waals surface area contributed by atoms with Gasteiger partial charge in [-0.05, 0) is 18.6 Å². The van der Waals surface area contributed by atoms with Crippen LogP contribution in [0.3, 0.4) is 0 Å². The first-order valence-electron chi connectivity index (χ1n) is 7.02. The summed E-state index contributed by atoms with van der Waals surface area (Å²) in [7, 11) is 0. The number of nitro groups is 1. The van der Waals surface area contributed by atoms with Crippen LogP contribution in [0, 0.1) is 10.1 Å². The molecule has 0 amide bonds. The minimum absolute atomic E-state index is 0.0944. The van der Waals surface area contributed by atoms with E-state index in [1.807, 2.05) is 0 Å². The second-order valence-corrected chi connectivity index (χ2v) is 4.90. The van der Waals surface area contributed by atoms with Crippen molar-refractivity contribution in [3.63, 3.8) is 0 Å². The molecule has 1 aliphatic heterocycles. The Labute approximate surface area is 127 Å². The minimum Gasteiger partial charge on any atom is -0.487 e. The van der Waals surface area contributed by atoms with Crippen LogP contribution in [0.4, 0.5) is 5.69 Å². The van der Waals surface area contributed by atoms with E-state index in [9.17, 15) is 14.9 Å². The SMILES string of the molecule is O=C(O)c1ccc(OCCCN2CCOCC2)c([N+](=O)[O-])c1. The van der Waals surface area contributed by atoms with Crippen molar-refractivity contribution in [3.8, 4) is 5.75 Å². The first kappa shape index (κ1) is 16.2. The van der Waals surface area contributed by atoms with Gasteiger partial charge in [-0.2, -0.15) is 0 Å². The normalized spacial score (nSPS) is 15.5. The molecule has 0 saturated carbocycles. The zero-order chi connectivity index (χ0) is 15.9. The number of carbonyl (C=O) groups is 1. The van der Waals surface area contributed by atoms with Gasteiger partial charge in [0.05, 0.1) is 30.3 Å². The third-order valence-electron chi connectivity index (χ3n) is 3.38. The molecule has 0 bridgehead atoms. The number of rotatable bonds is 7. The van der Waals surface area contributed by atoms with Crippen molar-refractivity contribution in [2.45, 2.75) is 6.42 Å². The summed E-state index contributed by atoms with van der Waals surface area (Å²) in [6, 6.07) is 3.64. The Bertz CT molecular complexity index is 542. The molecule has 1 aliphatic rings. The van der Waals surface area contributed by atoms with Crippen LogP contribution in [0.25, 0.3) is 0 Å². The summed E-state index contributed by atoms with van der Waals surface area (Å²) in [6.45, 7) is 4.39. The van der Waals surface area contributed by atoms with Crippen molar-refractivity contribution in [2.75, 3.05) is 39.5 Å². The number of hydrogen-bond acceptors (Lipinski definition) is 6. The van der Waals surface area contributed by atoms with Gasteiger partial charge in [0.25, 0.3) is 0 Å². The smallest absolute Gasteiger partial charge is 0.335 e. The number of aromatic carboxylic acids is 1. The van der Waals surface area contributed by atoms with Gasteiger partial charge in [-0.1, -0.05) is 0 Å². The van der Waals surface area contributed by atoms with Crippen LogP contribution in [0.1, 0.15) is 16.8 Å². The fourth-order valence-electron chi connectivity index (χ4n) is 2.21. The number of hydrogen-bond donors (Lipinski definition) is 1. The summed E-state index contributed by atoms with van der Waals surface area (Å²) in [6.07, 6.45) is 0.734. The molecule has 1 saturated heterocycles. The summed E-state index contributed by atoms with van der Waals surface area (Å²) < 4.78 is 10.7. The molecular weight excluding hydrogens is 292 g/mol. The molecule has 0 unspecified atom stereocenters. The van der Waals surface area contributed by atoms with Crippen molar-refractivity contribution in [1.29, 1.82) is 0 Å². The van der Waals surface area contributed by atoms with E-state index in [0.29, 0.717) is 6.61 Å². The lowest BCUT2D eigenvalue weighted by Gasteiger charge is -2.26. The highest BCUT2D eigenvalue weighted by Gasteiger charge is 2.18. The molecule has 0 atom stereocenters. The second kappa shape index (κ2) is 7.71. The van der Waals surface area contributed by atoms with E-state index in [0.717, 1.165) is 45.3 Å². The Kier molecular flexibility index (Phi) is 5.68. The van der Waals surface area contributed by atoms with Gasteiger partial charge in [0.15, 0.2) is 5.75 Å². The highest BCUT2D eigenvalue weighted by Crippen LogP contribution is 2.28. The van der Waals surface area contributed by atoms with E-state index < -0.39 is 10.9 Å². The van der Waals surface area contributed by atoms with Gasteiger partial charge in [-0.15, -0.1) is 0 Å². The summed E-state index contributed by atoms with van der Waals surface area (Å²) in [5.41, 5.74) is -0.460. The van der Waals surface area contributed by atoms with Gasteiger partial charge in [-0.25, -0.2) is 4.79 Å². The van der Waals surface area contributed by atoms with Crippen molar-refractivity contribution in [3.05, 3.63) is 33.9 Å². The number of nitro benzene ring substituents is 1. The van der Waals surface area contributed by atoms with Gasteiger partial charge in [-0.3, -0.25) is 15.0 Å². The lowest BCUT2D eigenvalue weighted by atomic mass is 10.2. The first-order valence-corrected chi connectivity index (χ1v) is 7.02. The molecule has 2 rings (SSSR count). The molecule has 22 heavy (non-hydrogen) atoms. The zero-order valence-corrected chi connectivity index (χ0v) is 12.1. The fourth-order valence-corrected chi connectivity index (χ4v) is 2.21. The van der Waals surface area contributed by atoms with Crippen LogP contribution in [0.2, 0.25) is 0 Å². The van der Waals surface area contributed by atoms with E-state index in [1.54, 1.807) is 0 Å². The molecule has 0 aliphatic carbocycles. The van der Waals surface area contributed by atoms with Crippen LogP contribution in [-0.4, -0.2) is 60.4 Å². The number of carboxylic acid groups (broad SMARTS) is 1. The van der Waals surface area contributed by atoms with Crippen molar-refractivity contribution < 1.29 is 24.3 Å². The lowest BCUT2D eigenvalue weighted by Crippen LogP contribution is -2.37. The molecule has 8 nitrogen and oxygen atoms in total. The van der Waals surface area contributed by atoms with Crippen molar-refractivity contribution in [1.82, 2.24) is 4.90 Å². The topological polar surface area (TPSA) is 102 Å². The molecule has 0 spiro atoms. The summed E-state index contributed by atoms with van der Waals surface area (Å²) in [4.78, 5) is 23.4. The maximum absolute atomic E-state index is 11.0. The summed E-state index contributed by atoms with van der Waals surface area (Å²) >= 11 is 0. The quantitative estimate of drug-likeness (QED) is 0.461. The molecule has 0 radical (unpaired) electrons. The van der Waals surface area contributed by atoms with Crippen LogP contribution in [0.15, 0.2) is 18.2 Å². The monoisotopic (exact) mass is 310 g/mol. The molecule has 1 heterocycles. The maximum Gasteiger partial charge on any atom is 0.335 e. The molecule has 0 aromatic heterocycles. The van der Waals surface area contributed by atoms with E-state index >= 15 is 0 Å². The Hall–Kier alpha value is -2.19. The van der Waals surface area contributed by atoms with Gasteiger partial charge < -0.3 is 14.6 Å². The van der Waals surface area contributed by atoms with Crippen LogP contribution < -0.4 is 4.74 Å². The number of benzene rings is 1. The average molecular weight is 310 g/mol. The zero-order valence-electron chi connectivity index (χ0n) is 12.1. The lowest BCUT2D eigenvalue weighted by molar-refractivity contribution is -0.385. The van der Waals surface area contributed by atoms with E-state index in [4.69, 9.17) is 14.6 Å². The van der Waals surface area contributed by atoms with Gasteiger partial charge in [0.1, 0.15) is 0 Å². The number of ether oxygens (including phenoxy) is 2. The highest BCUT2D eigenvalue weighted by molar-refractivity contribution is 5.88. The molecule has 1 aromatic rings. The predicted molar refractivity (Wildman–Crippen MR) is 77.4 cm³/mol. The molecule has 8 heteroatoms. The van der Waals surface area contributed by atoms with Gasteiger partial charge >= 0.3 is 11.7 Å². The van der Waals surface area contributed by atoms with E-state index in [2.05, 4.69) is 4.90 Å². The third-order valence-corrected chi connectivity index (χ3v) is 3.38. The molecular formula is C14H18N2O6. The van der Waals surface area contributed by atoms with E-state index in [1.165, 1.54) is 12.1 Å². The second-order valence-electron chi connectivity index (χ2n) is 4.90. The first-order chi connectivity index (χ1) is 10.6. The molecule has 1 aromatic carbocycles. The standard InChI is InChI=1S/C14H18N2O6/c17-14(18)11-2-3-13(12(10-11)16(19)20)22-7-1-4-15-5-8-21-9-6-15/h2-3,10H,1,4-9H2,(H,17,18). The van der Waals surface area contributed by atoms with Crippen LogP contribution >= 0.6 is 0 Å². The molecule has 120 valence electrons. The Morgan fingerprint density at radius 1 is 1.41 bits per heavy atom. The minimum atomic E-state index is -1.21. The third kappa shape index (κ3) is 4.40. The van der Waals surface area contributed by atoms with Crippen molar-refractivity contribution >= 4 is 11.7 Å². The molecule has 1 N–H and O–H groups in total. The Morgan fingerprint density at radius 3 is 2.77 bits per heavy atom. The van der Waals surface area contributed by atoms with E-state index in [-0.39, 0.29) is 17.0 Å². The largest absolute Gasteiger partial charge is 0.487 e. The number of carboxylic acids is 1. The Balaban J connectivity index is 1.88. The van der Waals surface area contributed by atoms with Gasteiger partial charge in [0, 0.05) is 25.7 Å². The van der Waals surface area contributed by atoms with Crippen LogP contribution in [-0.2, 0) is 4.74 Å². The van der Waals surface area contributed by atoms with Crippen LogP contribution in [0.5, 0.6) is 5.75 Å². The highest BCUT2D eigenvalue weighted by atomic mass is 16.6. The molecule has 1 fully saturated rings. The average Bonchev–Trinajstić information content (AvgIpc) is 2.52. The number of morpholine rings is 1. The Morgan fingerprint density at radius 2 is 2.14 bits per heavy atom. The summed E-state index contributed by atoms with van der Waals surface area (Å²) in [5.74, 6) is -1.11. The number of nitrogens with zero attached hydrogens (tertiary/aromatic N) is 2. The predicted octanol–water partition coefficient (Wildman–Crippen LogP) is 1.39. The van der Waals surface area contributed by atoms with Gasteiger partial charge in [0.2, 0.25) is 0 Å². The van der Waals surface area contributed by atoms with Crippen molar-refractivity contribution in [2.24, 2.45) is 0 Å².